The second-order valence-corrected chi connectivity index (χ2v) is 4.93. The summed E-state index contributed by atoms with van der Waals surface area (Å²) in [4.78, 5) is 37.8. The summed E-state index contributed by atoms with van der Waals surface area (Å²) in [7, 11) is 3.16. The Morgan fingerprint density at radius 1 is 1.38 bits per heavy atom. The molecule has 0 fully saturated rings. The Kier molecular flexibility index (Phi) is 3.92. The van der Waals surface area contributed by atoms with E-state index in [9.17, 15) is 18.8 Å². The summed E-state index contributed by atoms with van der Waals surface area (Å²) in [6, 6.07) is 0. The van der Waals surface area contributed by atoms with E-state index in [2.05, 4.69) is 11.7 Å². The first-order chi connectivity index (χ1) is 9.81. The number of carbonyl (C=O) groups excluding carboxylic acids is 2. The van der Waals surface area contributed by atoms with E-state index in [-0.39, 0.29) is 32.1 Å². The first kappa shape index (κ1) is 14.9. The molecule has 2 amide bonds. The Balaban J connectivity index is 2.22. The number of hydrogen-bond acceptors (Lipinski definition) is 4. The largest absolute Gasteiger partial charge is 0.347 e. The van der Waals surface area contributed by atoms with Crippen molar-refractivity contribution >= 4 is 11.8 Å². The van der Waals surface area contributed by atoms with Crippen LogP contribution in [0.1, 0.15) is 5.82 Å². The summed E-state index contributed by atoms with van der Waals surface area (Å²) in [5.41, 5.74) is -0.411. The zero-order chi connectivity index (χ0) is 15.7. The van der Waals surface area contributed by atoms with E-state index in [1.54, 1.807) is 14.1 Å². The Hall–Kier alpha value is -2.45. The lowest BCUT2D eigenvalue weighted by Crippen LogP contribution is -2.41. The van der Waals surface area contributed by atoms with Crippen molar-refractivity contribution < 1.29 is 14.0 Å². The summed E-state index contributed by atoms with van der Waals surface area (Å²) < 4.78 is 15.3. The fourth-order valence-electron chi connectivity index (χ4n) is 2.02. The van der Waals surface area contributed by atoms with Gasteiger partial charge in [0.2, 0.25) is 5.91 Å². The molecule has 8 nitrogen and oxygen atoms in total. The predicted octanol–water partition coefficient (Wildman–Crippen LogP) is -1.04. The van der Waals surface area contributed by atoms with Gasteiger partial charge in [-0.2, -0.15) is 5.10 Å². The Labute approximate surface area is 120 Å². The third-order valence-corrected chi connectivity index (χ3v) is 3.23. The maximum Gasteiger partial charge on any atom is 0.346 e. The van der Waals surface area contributed by atoms with E-state index in [1.165, 1.54) is 14.4 Å². The van der Waals surface area contributed by atoms with E-state index in [0.29, 0.717) is 5.82 Å². The third-order valence-electron chi connectivity index (χ3n) is 3.23. The fraction of sp³-hybridized carbons (Fsp3) is 0.500. The van der Waals surface area contributed by atoms with Gasteiger partial charge in [-0.3, -0.25) is 14.2 Å². The van der Waals surface area contributed by atoms with Gasteiger partial charge in [-0.05, 0) is 0 Å². The molecule has 0 aliphatic carbocycles. The summed E-state index contributed by atoms with van der Waals surface area (Å²) in [5, 5.41) is 4.04. The quantitative estimate of drug-likeness (QED) is 0.667. The van der Waals surface area contributed by atoms with Crippen LogP contribution in [0.15, 0.2) is 17.2 Å². The van der Waals surface area contributed by atoms with Gasteiger partial charge in [-0.1, -0.05) is 6.58 Å². The molecule has 1 aromatic heterocycles. The van der Waals surface area contributed by atoms with Crippen LogP contribution in [0.25, 0.3) is 0 Å². The van der Waals surface area contributed by atoms with Gasteiger partial charge in [0.25, 0.3) is 5.91 Å². The lowest BCUT2D eigenvalue weighted by Gasteiger charge is -2.25. The van der Waals surface area contributed by atoms with Crippen molar-refractivity contribution in [1.29, 1.82) is 0 Å². The average molecular weight is 297 g/mol. The molecule has 1 aromatic rings. The van der Waals surface area contributed by atoms with Gasteiger partial charge in [-0.25, -0.2) is 13.9 Å². The second-order valence-electron chi connectivity index (χ2n) is 4.93. The summed E-state index contributed by atoms with van der Waals surface area (Å²) >= 11 is 0. The van der Waals surface area contributed by atoms with Gasteiger partial charge in [0, 0.05) is 27.2 Å². The molecule has 0 saturated carbocycles. The van der Waals surface area contributed by atoms with E-state index in [1.807, 2.05) is 0 Å². The fourth-order valence-corrected chi connectivity index (χ4v) is 2.02. The van der Waals surface area contributed by atoms with Crippen LogP contribution < -0.4 is 5.69 Å². The van der Waals surface area contributed by atoms with Gasteiger partial charge >= 0.3 is 5.69 Å². The zero-order valence-electron chi connectivity index (χ0n) is 11.9. The monoisotopic (exact) mass is 297 g/mol. The van der Waals surface area contributed by atoms with E-state index < -0.39 is 17.4 Å². The highest BCUT2D eigenvalue weighted by Crippen LogP contribution is 2.11. The molecule has 0 radical (unpaired) electrons. The molecule has 2 heterocycles. The molecule has 1 aliphatic rings. The molecule has 0 spiro atoms. The van der Waals surface area contributed by atoms with E-state index in [4.69, 9.17) is 0 Å². The molecular weight excluding hydrogens is 281 g/mol. The summed E-state index contributed by atoms with van der Waals surface area (Å²) in [5.74, 6) is -1.80. The second kappa shape index (κ2) is 5.51. The Bertz CT molecular complexity index is 660. The minimum atomic E-state index is -1.05. The number of likely N-dealkylation sites (N-methyl/N-ethyl adjacent to an activating group) is 1. The van der Waals surface area contributed by atoms with Crippen LogP contribution in [0, 0.1) is 0 Å². The molecule has 0 saturated heterocycles. The molecule has 2 rings (SSSR count). The van der Waals surface area contributed by atoms with Crippen molar-refractivity contribution in [2.24, 2.45) is 0 Å². The van der Waals surface area contributed by atoms with Crippen molar-refractivity contribution in [3.8, 4) is 0 Å². The van der Waals surface area contributed by atoms with E-state index in [0.717, 1.165) is 4.68 Å². The Morgan fingerprint density at radius 3 is 2.62 bits per heavy atom. The lowest BCUT2D eigenvalue weighted by atomic mass is 10.3. The van der Waals surface area contributed by atoms with Crippen LogP contribution in [0.4, 0.5) is 4.39 Å². The van der Waals surface area contributed by atoms with Gasteiger partial charge in [0.05, 0.1) is 6.54 Å². The van der Waals surface area contributed by atoms with Crippen LogP contribution in [-0.4, -0.2) is 56.6 Å². The van der Waals surface area contributed by atoms with Crippen molar-refractivity contribution in [2.45, 2.75) is 19.6 Å². The lowest BCUT2D eigenvalue weighted by molar-refractivity contribution is -0.130. The van der Waals surface area contributed by atoms with Gasteiger partial charge in [0.1, 0.15) is 6.54 Å². The highest BCUT2D eigenvalue weighted by Gasteiger charge is 2.26. The topological polar surface area (TPSA) is 80.4 Å². The van der Waals surface area contributed by atoms with Crippen molar-refractivity contribution in [2.75, 3.05) is 20.6 Å². The van der Waals surface area contributed by atoms with Crippen molar-refractivity contribution in [3.05, 3.63) is 28.7 Å². The first-order valence-corrected chi connectivity index (χ1v) is 6.31. The number of fused-ring (bicyclic) bond motifs is 1. The molecule has 9 heteroatoms. The normalized spacial score (nSPS) is 13.8. The highest BCUT2D eigenvalue weighted by molar-refractivity contribution is 5.90. The van der Waals surface area contributed by atoms with Crippen LogP contribution in [0.2, 0.25) is 0 Å². The molecular formula is C12H16FN5O3. The molecule has 21 heavy (non-hydrogen) atoms. The number of hydrogen-bond donors (Lipinski definition) is 0. The van der Waals surface area contributed by atoms with Crippen LogP contribution in [0.3, 0.4) is 0 Å². The van der Waals surface area contributed by atoms with Crippen LogP contribution in [0.5, 0.6) is 0 Å². The number of carbonyl (C=O) groups is 2. The highest BCUT2D eigenvalue weighted by atomic mass is 19.1. The van der Waals surface area contributed by atoms with Crippen LogP contribution in [-0.2, 0) is 29.2 Å². The molecule has 0 unspecified atom stereocenters. The van der Waals surface area contributed by atoms with E-state index >= 15 is 0 Å². The summed E-state index contributed by atoms with van der Waals surface area (Å²) in [6.07, 6.45) is 0. The number of amides is 2. The molecule has 0 bridgehead atoms. The molecule has 0 atom stereocenters. The number of aromatic nitrogens is 3. The minimum absolute atomic E-state index is 0.0141. The maximum atomic E-state index is 12.9. The molecule has 0 aromatic carbocycles. The maximum absolute atomic E-state index is 12.9. The Morgan fingerprint density at radius 2 is 2.05 bits per heavy atom. The zero-order valence-corrected chi connectivity index (χ0v) is 11.9. The standard InChI is InChI=1S/C12H16FN5O3/c1-8(13)11(20)16-4-5-17-9(6-16)14-18(12(17)21)7-10(19)15(2)3/h1,4-7H2,2-3H3. The van der Waals surface area contributed by atoms with Gasteiger partial charge in [0.15, 0.2) is 11.7 Å². The van der Waals surface area contributed by atoms with Crippen molar-refractivity contribution in [3.63, 3.8) is 0 Å². The third kappa shape index (κ3) is 2.86. The molecule has 114 valence electrons. The number of nitrogens with zero attached hydrogens (tertiary/aromatic N) is 5. The smallest absolute Gasteiger partial charge is 0.346 e. The molecule has 1 aliphatic heterocycles. The summed E-state index contributed by atoms with van der Waals surface area (Å²) in [6.45, 7) is 3.22. The first-order valence-electron chi connectivity index (χ1n) is 6.31. The van der Waals surface area contributed by atoms with Gasteiger partial charge < -0.3 is 9.80 Å². The predicted molar refractivity (Wildman–Crippen MR) is 70.8 cm³/mol. The molecule has 0 N–H and O–H groups in total. The van der Waals surface area contributed by atoms with Crippen molar-refractivity contribution in [1.82, 2.24) is 24.1 Å². The van der Waals surface area contributed by atoms with Crippen LogP contribution >= 0.6 is 0 Å². The SMILES string of the molecule is C=C(F)C(=O)N1CCn2c(nn(CC(=O)N(C)C)c2=O)C1. The minimum Gasteiger partial charge on any atom is -0.347 e. The number of halogens is 1. The number of rotatable bonds is 3. The van der Waals surface area contributed by atoms with Gasteiger partial charge in [-0.15, -0.1) is 0 Å². The average Bonchev–Trinajstić information content (AvgIpc) is 2.73.